The topological polar surface area (TPSA) is 34.1 Å². The summed E-state index contributed by atoms with van der Waals surface area (Å²) in [5.74, 6) is 0.572. The number of benzene rings is 1. The molecule has 1 aliphatic carbocycles. The Bertz CT molecular complexity index is 490. The molecule has 0 heterocycles. The van der Waals surface area contributed by atoms with Crippen LogP contribution in [0.5, 0.6) is 0 Å². The number of carbonyl (C=O) groups is 2. The number of hydrogen-bond donors (Lipinski definition) is 0. The quantitative estimate of drug-likeness (QED) is 0.745. The van der Waals surface area contributed by atoms with Gasteiger partial charge in [-0.3, -0.25) is 9.59 Å². The fourth-order valence-corrected chi connectivity index (χ4v) is 2.64. The van der Waals surface area contributed by atoms with Crippen molar-refractivity contribution in [3.05, 3.63) is 34.4 Å². The number of carbonyl (C=O) groups excluding carboxylic acids is 2. The predicted octanol–water partition coefficient (Wildman–Crippen LogP) is 3.55. The normalized spacial score (nSPS) is 16.9. The van der Waals surface area contributed by atoms with E-state index in [0.29, 0.717) is 18.6 Å². The average Bonchev–Trinajstić information content (AvgIpc) is 2.36. The van der Waals surface area contributed by atoms with Crippen molar-refractivity contribution in [1.82, 2.24) is 0 Å². The Hall–Kier alpha value is -1.44. The SMILES string of the molecule is Cc1ccc(C(=O)C2CCC(=O)CC2)c(C)c1C. The molecule has 0 radical (unpaired) electrons. The summed E-state index contributed by atoms with van der Waals surface area (Å²) < 4.78 is 0. The monoisotopic (exact) mass is 244 g/mol. The third kappa shape index (κ3) is 2.38. The van der Waals surface area contributed by atoms with Gasteiger partial charge in [0.25, 0.3) is 0 Å². The Morgan fingerprint density at radius 3 is 2.28 bits per heavy atom. The molecular formula is C16H20O2. The van der Waals surface area contributed by atoms with E-state index in [-0.39, 0.29) is 11.7 Å². The number of ketones is 2. The summed E-state index contributed by atoms with van der Waals surface area (Å²) in [7, 11) is 0. The van der Waals surface area contributed by atoms with Crippen molar-refractivity contribution >= 4 is 11.6 Å². The van der Waals surface area contributed by atoms with Gasteiger partial charge in [0.15, 0.2) is 5.78 Å². The highest BCUT2D eigenvalue weighted by Gasteiger charge is 2.26. The number of Topliss-reactive ketones (excluding diaryl/α,β-unsaturated/α-hetero) is 2. The van der Waals surface area contributed by atoms with E-state index in [9.17, 15) is 9.59 Å². The highest BCUT2D eigenvalue weighted by molar-refractivity contribution is 6.00. The molecule has 1 aromatic carbocycles. The lowest BCUT2D eigenvalue weighted by atomic mass is 9.81. The lowest BCUT2D eigenvalue weighted by Crippen LogP contribution is -2.22. The minimum atomic E-state index is 0.0449. The van der Waals surface area contributed by atoms with Crippen LogP contribution in [0, 0.1) is 26.7 Å². The van der Waals surface area contributed by atoms with Crippen molar-refractivity contribution in [2.75, 3.05) is 0 Å². The van der Waals surface area contributed by atoms with Gasteiger partial charge in [-0.1, -0.05) is 12.1 Å². The van der Waals surface area contributed by atoms with Gasteiger partial charge in [0, 0.05) is 24.3 Å². The van der Waals surface area contributed by atoms with Crippen LogP contribution in [0.1, 0.15) is 52.7 Å². The summed E-state index contributed by atoms with van der Waals surface area (Å²) in [5, 5.41) is 0. The van der Waals surface area contributed by atoms with Crippen molar-refractivity contribution in [1.29, 1.82) is 0 Å². The second kappa shape index (κ2) is 5.05. The Balaban J connectivity index is 2.24. The fraction of sp³-hybridized carbons (Fsp3) is 0.500. The standard InChI is InChI=1S/C16H20O2/c1-10-4-9-15(12(3)11(10)2)16(18)13-5-7-14(17)8-6-13/h4,9,13H,5-8H2,1-3H3. The molecule has 0 amide bonds. The third-order valence-corrected chi connectivity index (χ3v) is 4.24. The minimum Gasteiger partial charge on any atom is -0.300 e. The van der Waals surface area contributed by atoms with Gasteiger partial charge in [-0.25, -0.2) is 0 Å². The molecule has 96 valence electrons. The number of aryl methyl sites for hydroxylation is 1. The van der Waals surface area contributed by atoms with Crippen LogP contribution in [-0.2, 0) is 4.79 Å². The summed E-state index contributed by atoms with van der Waals surface area (Å²) >= 11 is 0. The molecular weight excluding hydrogens is 224 g/mol. The van der Waals surface area contributed by atoms with Gasteiger partial charge in [-0.2, -0.15) is 0 Å². The van der Waals surface area contributed by atoms with Crippen LogP contribution in [0.25, 0.3) is 0 Å². The Morgan fingerprint density at radius 1 is 1.06 bits per heavy atom. The highest BCUT2D eigenvalue weighted by atomic mass is 16.1. The first-order valence-electron chi connectivity index (χ1n) is 6.63. The molecule has 1 aromatic rings. The van der Waals surface area contributed by atoms with E-state index in [2.05, 4.69) is 13.8 Å². The first-order chi connectivity index (χ1) is 8.50. The van der Waals surface area contributed by atoms with Gasteiger partial charge in [-0.15, -0.1) is 0 Å². The summed E-state index contributed by atoms with van der Waals surface area (Å²) in [6.45, 7) is 6.14. The summed E-state index contributed by atoms with van der Waals surface area (Å²) in [6, 6.07) is 3.96. The number of hydrogen-bond acceptors (Lipinski definition) is 2. The van der Waals surface area contributed by atoms with Gasteiger partial charge < -0.3 is 0 Å². The Kier molecular flexibility index (Phi) is 3.65. The smallest absolute Gasteiger partial charge is 0.166 e. The minimum absolute atomic E-state index is 0.0449. The molecule has 1 aliphatic rings. The third-order valence-electron chi connectivity index (χ3n) is 4.24. The largest absolute Gasteiger partial charge is 0.300 e. The van der Waals surface area contributed by atoms with Crippen LogP contribution in [0.4, 0.5) is 0 Å². The van der Waals surface area contributed by atoms with Gasteiger partial charge in [0.1, 0.15) is 5.78 Å². The molecule has 0 N–H and O–H groups in total. The van der Waals surface area contributed by atoms with Crippen molar-refractivity contribution < 1.29 is 9.59 Å². The molecule has 1 fully saturated rings. The highest BCUT2D eigenvalue weighted by Crippen LogP contribution is 2.27. The molecule has 0 bridgehead atoms. The number of rotatable bonds is 2. The molecule has 0 aromatic heterocycles. The first kappa shape index (κ1) is 13.0. The molecule has 0 atom stereocenters. The van der Waals surface area contributed by atoms with E-state index in [4.69, 9.17) is 0 Å². The van der Waals surface area contributed by atoms with E-state index in [1.807, 2.05) is 19.1 Å². The maximum absolute atomic E-state index is 12.5. The molecule has 0 aliphatic heterocycles. The zero-order valence-corrected chi connectivity index (χ0v) is 11.4. The zero-order chi connectivity index (χ0) is 13.3. The summed E-state index contributed by atoms with van der Waals surface area (Å²) in [5.41, 5.74) is 4.37. The van der Waals surface area contributed by atoms with E-state index >= 15 is 0 Å². The lowest BCUT2D eigenvalue weighted by molar-refractivity contribution is -0.120. The maximum atomic E-state index is 12.5. The second-order valence-electron chi connectivity index (χ2n) is 5.36. The van der Waals surface area contributed by atoms with Crippen LogP contribution in [0.15, 0.2) is 12.1 Å². The fourth-order valence-electron chi connectivity index (χ4n) is 2.64. The molecule has 2 nitrogen and oxygen atoms in total. The maximum Gasteiger partial charge on any atom is 0.166 e. The van der Waals surface area contributed by atoms with Crippen LogP contribution >= 0.6 is 0 Å². The van der Waals surface area contributed by atoms with Crippen molar-refractivity contribution in [2.45, 2.75) is 46.5 Å². The summed E-state index contributed by atoms with van der Waals surface area (Å²) in [4.78, 5) is 23.7. The molecule has 18 heavy (non-hydrogen) atoms. The van der Waals surface area contributed by atoms with Crippen molar-refractivity contribution in [2.24, 2.45) is 5.92 Å². The van der Waals surface area contributed by atoms with Gasteiger partial charge in [0.2, 0.25) is 0 Å². The van der Waals surface area contributed by atoms with Crippen LogP contribution in [-0.4, -0.2) is 11.6 Å². The summed E-state index contributed by atoms with van der Waals surface area (Å²) in [6.07, 6.45) is 2.59. The van der Waals surface area contributed by atoms with Crippen LogP contribution in [0.3, 0.4) is 0 Å². The second-order valence-corrected chi connectivity index (χ2v) is 5.36. The van der Waals surface area contributed by atoms with Gasteiger partial charge >= 0.3 is 0 Å². The van der Waals surface area contributed by atoms with Crippen LogP contribution in [0.2, 0.25) is 0 Å². The van der Waals surface area contributed by atoms with Crippen LogP contribution < -0.4 is 0 Å². The molecule has 0 spiro atoms. The molecule has 0 unspecified atom stereocenters. The first-order valence-corrected chi connectivity index (χ1v) is 6.63. The van der Waals surface area contributed by atoms with E-state index in [0.717, 1.165) is 24.0 Å². The predicted molar refractivity (Wildman–Crippen MR) is 71.9 cm³/mol. The van der Waals surface area contributed by atoms with Gasteiger partial charge in [-0.05, 0) is 50.3 Å². The Morgan fingerprint density at radius 2 is 1.67 bits per heavy atom. The molecule has 2 rings (SSSR count). The average molecular weight is 244 g/mol. The van der Waals surface area contributed by atoms with E-state index < -0.39 is 0 Å². The zero-order valence-electron chi connectivity index (χ0n) is 11.4. The van der Waals surface area contributed by atoms with E-state index in [1.165, 1.54) is 11.1 Å². The molecule has 0 saturated heterocycles. The van der Waals surface area contributed by atoms with Crippen molar-refractivity contribution in [3.8, 4) is 0 Å². The van der Waals surface area contributed by atoms with E-state index in [1.54, 1.807) is 0 Å². The molecule has 1 saturated carbocycles. The van der Waals surface area contributed by atoms with Gasteiger partial charge in [0.05, 0.1) is 0 Å². The van der Waals surface area contributed by atoms with Crippen molar-refractivity contribution in [3.63, 3.8) is 0 Å². The Labute approximate surface area is 108 Å². The lowest BCUT2D eigenvalue weighted by Gasteiger charge is -2.21. The molecule has 2 heteroatoms.